The Kier molecular flexibility index (Phi) is 3.42. The Morgan fingerprint density at radius 1 is 1.60 bits per heavy atom. The number of Topliss-reactive ketones (excluding diaryl/α,β-unsaturated/α-hetero) is 1. The summed E-state index contributed by atoms with van der Waals surface area (Å²) in [4.78, 5) is 15.6. The molecular weight excluding hydrogens is 192 g/mol. The van der Waals surface area contributed by atoms with E-state index in [1.807, 2.05) is 0 Å². The summed E-state index contributed by atoms with van der Waals surface area (Å²) in [5.41, 5.74) is 0.475. The molecular formula is C11H14N2O2. The molecule has 0 saturated carbocycles. The molecule has 4 nitrogen and oxygen atoms in total. The quantitative estimate of drug-likeness (QED) is 0.735. The summed E-state index contributed by atoms with van der Waals surface area (Å²) in [6, 6.07) is 5.30. The zero-order valence-electron chi connectivity index (χ0n) is 8.48. The molecule has 1 aromatic heterocycles. The van der Waals surface area contributed by atoms with E-state index in [1.54, 1.807) is 24.4 Å². The second-order valence-electron chi connectivity index (χ2n) is 3.56. The largest absolute Gasteiger partial charge is 0.369 e. The first-order valence-electron chi connectivity index (χ1n) is 5.13. The molecule has 0 bridgehead atoms. The summed E-state index contributed by atoms with van der Waals surface area (Å²) >= 11 is 0. The van der Waals surface area contributed by atoms with E-state index in [1.165, 1.54) is 0 Å². The van der Waals surface area contributed by atoms with Gasteiger partial charge in [0.15, 0.2) is 0 Å². The summed E-state index contributed by atoms with van der Waals surface area (Å²) in [6.07, 6.45) is 2.78. The van der Waals surface area contributed by atoms with Gasteiger partial charge < -0.3 is 10.1 Å². The highest BCUT2D eigenvalue weighted by atomic mass is 16.5. The van der Waals surface area contributed by atoms with Crippen molar-refractivity contribution >= 4 is 5.78 Å². The molecule has 0 aliphatic carbocycles. The number of hydrogen-bond acceptors (Lipinski definition) is 4. The molecule has 1 aliphatic heterocycles. The Bertz CT molecular complexity index is 321. The van der Waals surface area contributed by atoms with E-state index < -0.39 is 0 Å². The van der Waals surface area contributed by atoms with Crippen molar-refractivity contribution in [1.82, 2.24) is 10.3 Å². The number of hydrogen-bond donors (Lipinski definition) is 1. The maximum atomic E-state index is 11.6. The van der Waals surface area contributed by atoms with Crippen LogP contribution in [0.5, 0.6) is 0 Å². The summed E-state index contributed by atoms with van der Waals surface area (Å²) < 4.78 is 5.47. The first-order chi connectivity index (χ1) is 7.36. The summed E-state index contributed by atoms with van der Waals surface area (Å²) in [5, 5.41) is 3.18. The lowest BCUT2D eigenvalue weighted by molar-refractivity contribution is 0.0526. The molecule has 1 saturated heterocycles. The van der Waals surface area contributed by atoms with Crippen molar-refractivity contribution in [2.45, 2.75) is 12.5 Å². The van der Waals surface area contributed by atoms with Crippen molar-refractivity contribution in [1.29, 1.82) is 0 Å². The van der Waals surface area contributed by atoms with Gasteiger partial charge in [0.1, 0.15) is 12.3 Å². The minimum atomic E-state index is -0.0532. The SMILES string of the molecule is O=C(CO[C@@H]1CCNC1)c1ccccn1. The molecule has 1 aliphatic rings. The first-order valence-corrected chi connectivity index (χ1v) is 5.13. The Morgan fingerprint density at radius 3 is 3.20 bits per heavy atom. The molecule has 0 amide bonds. The molecule has 15 heavy (non-hydrogen) atoms. The average Bonchev–Trinajstić information content (AvgIpc) is 2.80. The van der Waals surface area contributed by atoms with Crippen molar-refractivity contribution in [2.75, 3.05) is 19.7 Å². The van der Waals surface area contributed by atoms with Crippen LogP contribution in [0.25, 0.3) is 0 Å². The van der Waals surface area contributed by atoms with E-state index in [9.17, 15) is 4.79 Å². The molecule has 1 aromatic rings. The molecule has 2 heterocycles. The fourth-order valence-electron chi connectivity index (χ4n) is 1.57. The van der Waals surface area contributed by atoms with Crippen LogP contribution < -0.4 is 5.32 Å². The number of aromatic nitrogens is 1. The van der Waals surface area contributed by atoms with Gasteiger partial charge in [-0.05, 0) is 25.1 Å². The number of ether oxygens (including phenoxy) is 1. The summed E-state index contributed by atoms with van der Waals surface area (Å²) in [6.45, 7) is 1.95. The third-order valence-corrected chi connectivity index (χ3v) is 2.42. The lowest BCUT2D eigenvalue weighted by Gasteiger charge is -2.08. The topological polar surface area (TPSA) is 51.2 Å². The number of carbonyl (C=O) groups excluding carboxylic acids is 1. The van der Waals surface area contributed by atoms with Gasteiger partial charge in [-0.3, -0.25) is 9.78 Å². The predicted molar refractivity (Wildman–Crippen MR) is 55.8 cm³/mol. The van der Waals surface area contributed by atoms with Crippen molar-refractivity contribution in [3.05, 3.63) is 30.1 Å². The van der Waals surface area contributed by atoms with Gasteiger partial charge in [-0.15, -0.1) is 0 Å². The molecule has 0 radical (unpaired) electrons. The van der Waals surface area contributed by atoms with Crippen molar-refractivity contribution in [3.63, 3.8) is 0 Å². The van der Waals surface area contributed by atoms with E-state index in [0.717, 1.165) is 19.5 Å². The average molecular weight is 206 g/mol. The molecule has 2 rings (SSSR count). The third-order valence-electron chi connectivity index (χ3n) is 2.42. The van der Waals surface area contributed by atoms with Crippen molar-refractivity contribution in [3.8, 4) is 0 Å². The summed E-state index contributed by atoms with van der Waals surface area (Å²) in [7, 11) is 0. The highest BCUT2D eigenvalue weighted by Gasteiger charge is 2.16. The van der Waals surface area contributed by atoms with Crippen LogP contribution in [0.15, 0.2) is 24.4 Å². The van der Waals surface area contributed by atoms with Gasteiger partial charge >= 0.3 is 0 Å². The zero-order chi connectivity index (χ0) is 10.5. The lowest BCUT2D eigenvalue weighted by Crippen LogP contribution is -2.21. The van der Waals surface area contributed by atoms with Gasteiger partial charge in [-0.1, -0.05) is 6.07 Å². The van der Waals surface area contributed by atoms with Gasteiger partial charge in [0.25, 0.3) is 0 Å². The van der Waals surface area contributed by atoms with Crippen LogP contribution in [0, 0.1) is 0 Å². The molecule has 1 N–H and O–H groups in total. The molecule has 4 heteroatoms. The zero-order valence-corrected chi connectivity index (χ0v) is 8.48. The number of ketones is 1. The van der Waals surface area contributed by atoms with Gasteiger partial charge in [-0.25, -0.2) is 0 Å². The van der Waals surface area contributed by atoms with Gasteiger partial charge in [0.05, 0.1) is 6.10 Å². The van der Waals surface area contributed by atoms with Crippen LogP contribution in [-0.4, -0.2) is 36.6 Å². The molecule has 0 spiro atoms. The van der Waals surface area contributed by atoms with E-state index >= 15 is 0 Å². The Hall–Kier alpha value is -1.26. The van der Waals surface area contributed by atoms with E-state index in [-0.39, 0.29) is 18.5 Å². The van der Waals surface area contributed by atoms with E-state index in [0.29, 0.717) is 5.69 Å². The molecule has 1 atom stereocenters. The smallest absolute Gasteiger partial charge is 0.206 e. The number of carbonyl (C=O) groups is 1. The lowest BCUT2D eigenvalue weighted by atomic mass is 10.2. The number of pyridine rings is 1. The maximum absolute atomic E-state index is 11.6. The van der Waals surface area contributed by atoms with Crippen molar-refractivity contribution in [2.24, 2.45) is 0 Å². The Morgan fingerprint density at radius 2 is 2.53 bits per heavy atom. The van der Waals surface area contributed by atoms with Gasteiger partial charge in [-0.2, -0.15) is 0 Å². The Balaban J connectivity index is 1.82. The van der Waals surface area contributed by atoms with Crippen LogP contribution in [0.4, 0.5) is 0 Å². The number of nitrogens with one attached hydrogen (secondary N) is 1. The Labute approximate surface area is 88.7 Å². The van der Waals surface area contributed by atoms with E-state index in [2.05, 4.69) is 10.3 Å². The molecule has 0 aromatic carbocycles. The standard InChI is InChI=1S/C11H14N2O2/c14-11(10-3-1-2-5-13-10)8-15-9-4-6-12-7-9/h1-3,5,9,12H,4,6-8H2/t9-/m1/s1. The van der Waals surface area contributed by atoms with Gasteiger partial charge in [0.2, 0.25) is 5.78 Å². The fourth-order valence-corrected chi connectivity index (χ4v) is 1.57. The minimum Gasteiger partial charge on any atom is -0.369 e. The van der Waals surface area contributed by atoms with Crippen LogP contribution in [-0.2, 0) is 4.74 Å². The predicted octanol–water partition coefficient (Wildman–Crippen LogP) is 0.643. The normalized spacial score (nSPS) is 20.4. The highest BCUT2D eigenvalue weighted by Crippen LogP contribution is 2.04. The van der Waals surface area contributed by atoms with Gasteiger partial charge in [0, 0.05) is 12.7 Å². The number of rotatable bonds is 4. The second-order valence-corrected chi connectivity index (χ2v) is 3.56. The van der Waals surface area contributed by atoms with Crippen molar-refractivity contribution < 1.29 is 9.53 Å². The molecule has 80 valence electrons. The fraction of sp³-hybridized carbons (Fsp3) is 0.455. The summed E-state index contributed by atoms with van der Waals surface area (Å²) in [5.74, 6) is -0.0532. The number of nitrogens with zero attached hydrogens (tertiary/aromatic N) is 1. The van der Waals surface area contributed by atoms with Crippen LogP contribution >= 0.6 is 0 Å². The third kappa shape index (κ3) is 2.84. The maximum Gasteiger partial charge on any atom is 0.206 e. The highest BCUT2D eigenvalue weighted by molar-refractivity contribution is 5.95. The molecule has 1 fully saturated rings. The minimum absolute atomic E-state index is 0.0532. The van der Waals surface area contributed by atoms with Crippen LogP contribution in [0.3, 0.4) is 0 Å². The second kappa shape index (κ2) is 5.00. The first kappa shape index (κ1) is 10.3. The van der Waals surface area contributed by atoms with Crippen LogP contribution in [0.1, 0.15) is 16.9 Å². The monoisotopic (exact) mass is 206 g/mol. The van der Waals surface area contributed by atoms with Crippen LogP contribution in [0.2, 0.25) is 0 Å². The van der Waals surface area contributed by atoms with E-state index in [4.69, 9.17) is 4.74 Å². The molecule has 0 unspecified atom stereocenters.